The summed E-state index contributed by atoms with van der Waals surface area (Å²) in [6, 6.07) is 52.3. The zero-order valence-electron chi connectivity index (χ0n) is 26.3. The van der Waals surface area contributed by atoms with E-state index in [1.807, 2.05) is 54.6 Å². The average Bonchev–Trinajstić information content (AvgIpc) is 3.57. The van der Waals surface area contributed by atoms with Gasteiger partial charge in [0.25, 0.3) is 0 Å². The zero-order chi connectivity index (χ0) is 32.6. The number of nitrogens with one attached hydrogen (secondary N) is 2. The normalized spacial score (nSPS) is 12.7. The van der Waals surface area contributed by atoms with Gasteiger partial charge in [-0.1, -0.05) is 140 Å². The van der Waals surface area contributed by atoms with Gasteiger partial charge in [0.05, 0.1) is 11.4 Å². The third-order valence-corrected chi connectivity index (χ3v) is 9.94. The summed E-state index contributed by atoms with van der Waals surface area (Å²) in [6.07, 6.45) is 4.22. The lowest BCUT2D eigenvalue weighted by atomic mass is 9.93. The summed E-state index contributed by atoms with van der Waals surface area (Å²) in [5, 5.41) is 2.35. The summed E-state index contributed by atoms with van der Waals surface area (Å²) in [6.45, 7) is 0. The lowest BCUT2D eigenvalue weighted by molar-refractivity contribution is 0.807. The van der Waals surface area contributed by atoms with Crippen molar-refractivity contribution in [3.63, 3.8) is 0 Å². The Labute approximate surface area is 288 Å². The first-order valence-electron chi connectivity index (χ1n) is 16.2. The molecular formula is C43H29N5S. The van der Waals surface area contributed by atoms with Crippen LogP contribution in [0.5, 0.6) is 0 Å². The van der Waals surface area contributed by atoms with Gasteiger partial charge in [-0.2, -0.15) is 0 Å². The Bertz CT molecular complexity index is 2460. The van der Waals surface area contributed by atoms with Crippen LogP contribution >= 0.6 is 11.3 Å². The molecule has 0 unspecified atom stereocenters. The maximum Gasteiger partial charge on any atom is 0.165 e. The summed E-state index contributed by atoms with van der Waals surface area (Å²) in [7, 11) is 0. The van der Waals surface area contributed by atoms with Gasteiger partial charge in [-0.25, -0.2) is 15.0 Å². The summed E-state index contributed by atoms with van der Waals surface area (Å²) in [4.78, 5) is 15.4. The number of nitrogens with zero attached hydrogens (tertiary/aromatic N) is 3. The van der Waals surface area contributed by atoms with Crippen LogP contribution in [0.3, 0.4) is 0 Å². The SMILES string of the molecule is C1=C(c2ccccc2)NNC(c2ccc(-c3ccc4sc5ccccc5c4c3-c3nc(-c4ccccc4)nc(-c4ccccc4)n3)cc2)=C1. The van der Waals surface area contributed by atoms with Crippen molar-refractivity contribution in [2.75, 3.05) is 0 Å². The number of hydrazine groups is 1. The van der Waals surface area contributed by atoms with E-state index in [0.717, 1.165) is 55.7 Å². The number of fused-ring (bicyclic) bond motifs is 3. The van der Waals surface area contributed by atoms with Crippen LogP contribution < -0.4 is 10.9 Å². The Morgan fingerprint density at radius 3 is 1.47 bits per heavy atom. The molecule has 6 aromatic carbocycles. The van der Waals surface area contributed by atoms with E-state index >= 15 is 0 Å². The molecule has 2 aromatic heterocycles. The van der Waals surface area contributed by atoms with Crippen LogP contribution in [0.4, 0.5) is 0 Å². The minimum absolute atomic E-state index is 0.646. The quantitative estimate of drug-likeness (QED) is 0.188. The van der Waals surface area contributed by atoms with Crippen molar-refractivity contribution in [1.29, 1.82) is 0 Å². The molecule has 9 rings (SSSR count). The highest BCUT2D eigenvalue weighted by molar-refractivity contribution is 7.26. The van der Waals surface area contributed by atoms with Gasteiger partial charge in [-0.05, 0) is 46.5 Å². The lowest BCUT2D eigenvalue weighted by Gasteiger charge is -2.20. The van der Waals surface area contributed by atoms with Gasteiger partial charge in [-0.15, -0.1) is 11.3 Å². The van der Waals surface area contributed by atoms with Gasteiger partial charge in [0.2, 0.25) is 0 Å². The van der Waals surface area contributed by atoms with Gasteiger partial charge >= 0.3 is 0 Å². The van der Waals surface area contributed by atoms with Crippen LogP contribution in [0.15, 0.2) is 164 Å². The monoisotopic (exact) mass is 647 g/mol. The number of aromatic nitrogens is 3. The summed E-state index contributed by atoms with van der Waals surface area (Å²) in [5.74, 6) is 1.95. The largest absolute Gasteiger partial charge is 0.300 e. The molecule has 1 aliphatic rings. The van der Waals surface area contributed by atoms with E-state index < -0.39 is 0 Å². The number of thiophene rings is 1. The third kappa shape index (κ3) is 5.44. The average molecular weight is 648 g/mol. The van der Waals surface area contributed by atoms with Gasteiger partial charge < -0.3 is 10.9 Å². The zero-order valence-corrected chi connectivity index (χ0v) is 27.2. The molecule has 0 amide bonds. The van der Waals surface area contributed by atoms with E-state index in [2.05, 4.69) is 120 Å². The fourth-order valence-corrected chi connectivity index (χ4v) is 7.49. The summed E-state index contributed by atoms with van der Waals surface area (Å²) >= 11 is 1.80. The highest BCUT2D eigenvalue weighted by Gasteiger charge is 2.21. The van der Waals surface area contributed by atoms with Crippen molar-refractivity contribution < 1.29 is 0 Å². The van der Waals surface area contributed by atoms with Crippen LogP contribution in [0.2, 0.25) is 0 Å². The second-order valence-electron chi connectivity index (χ2n) is 11.9. The third-order valence-electron chi connectivity index (χ3n) is 8.81. The van der Waals surface area contributed by atoms with Crippen LogP contribution in [0, 0.1) is 0 Å². The van der Waals surface area contributed by atoms with Crippen molar-refractivity contribution >= 4 is 42.9 Å². The highest BCUT2D eigenvalue weighted by atomic mass is 32.1. The molecule has 3 heterocycles. The smallest absolute Gasteiger partial charge is 0.165 e. The molecule has 0 aliphatic carbocycles. The second kappa shape index (κ2) is 12.3. The molecule has 49 heavy (non-hydrogen) atoms. The summed E-state index contributed by atoms with van der Waals surface area (Å²) < 4.78 is 2.43. The molecule has 1 aliphatic heterocycles. The van der Waals surface area contributed by atoms with Gasteiger partial charge in [0.15, 0.2) is 17.5 Å². The van der Waals surface area contributed by atoms with E-state index in [-0.39, 0.29) is 0 Å². The van der Waals surface area contributed by atoms with E-state index in [1.54, 1.807) is 11.3 Å². The predicted octanol–water partition coefficient (Wildman–Crippen LogP) is 10.4. The number of allylic oxidation sites excluding steroid dienone is 2. The molecule has 232 valence electrons. The minimum Gasteiger partial charge on any atom is -0.300 e. The molecule has 0 fully saturated rings. The molecule has 0 saturated heterocycles. The fraction of sp³-hybridized carbons (Fsp3) is 0. The van der Waals surface area contributed by atoms with E-state index in [0.29, 0.717) is 17.5 Å². The van der Waals surface area contributed by atoms with Crippen molar-refractivity contribution in [1.82, 2.24) is 25.8 Å². The Morgan fingerprint density at radius 1 is 0.388 bits per heavy atom. The van der Waals surface area contributed by atoms with E-state index in [4.69, 9.17) is 15.0 Å². The molecule has 0 radical (unpaired) electrons. The fourth-order valence-electron chi connectivity index (χ4n) is 6.38. The van der Waals surface area contributed by atoms with E-state index in [9.17, 15) is 0 Å². The highest BCUT2D eigenvalue weighted by Crippen LogP contribution is 2.44. The molecule has 5 nitrogen and oxygen atoms in total. The number of hydrogen-bond acceptors (Lipinski definition) is 6. The van der Waals surface area contributed by atoms with Crippen LogP contribution in [-0.4, -0.2) is 15.0 Å². The molecule has 0 bridgehead atoms. The Kier molecular flexibility index (Phi) is 7.26. The van der Waals surface area contributed by atoms with Crippen LogP contribution in [-0.2, 0) is 0 Å². The van der Waals surface area contributed by atoms with E-state index in [1.165, 1.54) is 14.8 Å². The molecule has 2 N–H and O–H groups in total. The maximum atomic E-state index is 5.19. The van der Waals surface area contributed by atoms with Gasteiger partial charge in [0.1, 0.15) is 0 Å². The summed E-state index contributed by atoms with van der Waals surface area (Å²) in [5.41, 5.74) is 16.0. The first kappa shape index (κ1) is 28.8. The second-order valence-corrected chi connectivity index (χ2v) is 12.9. The number of benzene rings is 6. The molecule has 0 spiro atoms. The predicted molar refractivity (Wildman–Crippen MR) is 203 cm³/mol. The molecular weight excluding hydrogens is 619 g/mol. The van der Waals surface area contributed by atoms with Gasteiger partial charge in [0, 0.05) is 36.9 Å². The Hall–Kier alpha value is -6.37. The van der Waals surface area contributed by atoms with Crippen LogP contribution in [0.25, 0.3) is 76.9 Å². The first-order chi connectivity index (χ1) is 24.3. The maximum absolute atomic E-state index is 5.19. The molecule has 0 saturated carbocycles. The van der Waals surface area contributed by atoms with Gasteiger partial charge in [-0.3, -0.25) is 0 Å². The minimum atomic E-state index is 0.646. The molecule has 0 atom stereocenters. The Balaban J connectivity index is 1.21. The van der Waals surface area contributed by atoms with Crippen LogP contribution in [0.1, 0.15) is 11.1 Å². The molecule has 8 aromatic rings. The van der Waals surface area contributed by atoms with Crippen molar-refractivity contribution in [2.24, 2.45) is 0 Å². The molecule has 6 heteroatoms. The topological polar surface area (TPSA) is 62.7 Å². The van der Waals surface area contributed by atoms with Crippen molar-refractivity contribution in [3.8, 4) is 45.3 Å². The number of hydrogen-bond donors (Lipinski definition) is 2. The lowest BCUT2D eigenvalue weighted by Crippen LogP contribution is -2.31. The first-order valence-corrected chi connectivity index (χ1v) is 17.0. The van der Waals surface area contributed by atoms with Crippen molar-refractivity contribution in [2.45, 2.75) is 0 Å². The number of rotatable bonds is 6. The Morgan fingerprint density at radius 2 is 0.878 bits per heavy atom. The van der Waals surface area contributed by atoms with Crippen molar-refractivity contribution in [3.05, 3.63) is 175 Å². The standard InChI is InChI=1S/C43H29N5S/c1-4-12-29(13-5-1)35-25-26-36(48-47-35)30-22-20-28(21-23-30)33-24-27-38-39(34-18-10-11-19-37(34)49-38)40(33)43-45-41(31-14-6-2-7-15-31)44-42(46-43)32-16-8-3-9-17-32/h1-27,47-48H.